The molecule has 0 unspecified atom stereocenters. The molecule has 0 fully saturated rings. The fourth-order valence-electron chi connectivity index (χ4n) is 7.23. The van der Waals surface area contributed by atoms with Gasteiger partial charge in [0.15, 0.2) is 0 Å². The van der Waals surface area contributed by atoms with E-state index in [2.05, 4.69) is 121 Å². The Morgan fingerprint density at radius 3 is 1.77 bits per heavy atom. The zero-order valence-electron chi connectivity index (χ0n) is 25.6. The number of aliphatic hydroxyl groups is 1. The standard InChI is InChI=1S/C40H34BNO2/c1-38(2,43)39(3,4)44-41-26-23-21-25(22-24-26)37-35-29-15-7-11-19-33(29)40(36(35)30-16-8-12-20-34(30)42-37)31-17-9-5-13-27(31)28-14-6-10-18-32(28)40/h5-24,41,43H,1-4H3. The predicted octanol–water partition coefficient (Wildman–Crippen LogP) is 7.79. The Morgan fingerprint density at radius 2 is 1.16 bits per heavy atom. The van der Waals surface area contributed by atoms with Crippen molar-refractivity contribution < 1.29 is 9.76 Å². The minimum Gasteiger partial charge on any atom is -0.427 e. The maximum absolute atomic E-state index is 10.5. The van der Waals surface area contributed by atoms with Gasteiger partial charge in [-0.1, -0.05) is 121 Å². The second kappa shape index (κ2) is 9.50. The molecule has 1 heterocycles. The van der Waals surface area contributed by atoms with Crippen LogP contribution in [-0.4, -0.2) is 28.8 Å². The van der Waals surface area contributed by atoms with E-state index in [9.17, 15) is 5.11 Å². The summed E-state index contributed by atoms with van der Waals surface area (Å²) in [5, 5.41) is 11.7. The van der Waals surface area contributed by atoms with Crippen molar-refractivity contribution in [1.82, 2.24) is 4.98 Å². The molecule has 0 saturated heterocycles. The van der Waals surface area contributed by atoms with Gasteiger partial charge in [-0.2, -0.15) is 0 Å². The van der Waals surface area contributed by atoms with Crippen molar-refractivity contribution in [3.63, 3.8) is 0 Å². The highest BCUT2D eigenvalue weighted by molar-refractivity contribution is 6.47. The topological polar surface area (TPSA) is 42.4 Å². The molecule has 0 radical (unpaired) electrons. The number of aromatic nitrogens is 1. The highest BCUT2D eigenvalue weighted by Gasteiger charge is 2.53. The van der Waals surface area contributed by atoms with Crippen molar-refractivity contribution >= 4 is 23.8 Å². The van der Waals surface area contributed by atoms with Gasteiger partial charge in [0.2, 0.25) is 0 Å². The number of hydrogen-bond donors (Lipinski definition) is 1. The van der Waals surface area contributed by atoms with E-state index in [0.29, 0.717) is 7.48 Å². The number of fused-ring (bicyclic) bond motifs is 12. The van der Waals surface area contributed by atoms with E-state index in [-0.39, 0.29) is 0 Å². The van der Waals surface area contributed by atoms with Crippen molar-refractivity contribution in [2.75, 3.05) is 0 Å². The maximum Gasteiger partial charge on any atom is 0.309 e. The molecule has 0 bridgehead atoms. The van der Waals surface area contributed by atoms with Crippen molar-refractivity contribution in [2.45, 2.75) is 44.3 Å². The van der Waals surface area contributed by atoms with Gasteiger partial charge >= 0.3 is 7.48 Å². The van der Waals surface area contributed by atoms with Gasteiger partial charge in [-0.15, -0.1) is 0 Å². The Balaban J connectivity index is 1.38. The van der Waals surface area contributed by atoms with E-state index in [0.717, 1.165) is 22.2 Å². The fourth-order valence-corrected chi connectivity index (χ4v) is 7.23. The fraction of sp³-hybridized carbons (Fsp3) is 0.175. The highest BCUT2D eigenvalue weighted by atomic mass is 16.5. The molecule has 0 atom stereocenters. The molecule has 2 aliphatic carbocycles. The molecule has 44 heavy (non-hydrogen) atoms. The van der Waals surface area contributed by atoms with Crippen LogP contribution in [0, 0.1) is 0 Å². The third-order valence-corrected chi connectivity index (χ3v) is 10.1. The average Bonchev–Trinajstić information content (AvgIpc) is 3.51. The van der Waals surface area contributed by atoms with E-state index in [1.165, 1.54) is 49.9 Å². The summed E-state index contributed by atoms with van der Waals surface area (Å²) in [6.07, 6.45) is 0. The first-order valence-electron chi connectivity index (χ1n) is 15.4. The second-order valence-corrected chi connectivity index (χ2v) is 13.2. The lowest BCUT2D eigenvalue weighted by Gasteiger charge is -2.37. The molecule has 2 aliphatic rings. The molecule has 1 aromatic heterocycles. The number of benzene rings is 5. The molecular weight excluding hydrogens is 537 g/mol. The summed E-state index contributed by atoms with van der Waals surface area (Å²) in [6.45, 7) is 7.42. The third kappa shape index (κ3) is 3.68. The second-order valence-electron chi connectivity index (χ2n) is 13.2. The Hall–Kier alpha value is -4.51. The highest BCUT2D eigenvalue weighted by Crippen LogP contribution is 2.65. The molecule has 1 N–H and O–H groups in total. The van der Waals surface area contributed by atoms with Crippen LogP contribution in [0.1, 0.15) is 49.9 Å². The van der Waals surface area contributed by atoms with Crippen LogP contribution in [0.15, 0.2) is 121 Å². The summed E-state index contributed by atoms with van der Waals surface area (Å²) in [5.74, 6) is 0. The Morgan fingerprint density at radius 1 is 0.636 bits per heavy atom. The van der Waals surface area contributed by atoms with Gasteiger partial charge in [-0.05, 0) is 72.7 Å². The van der Waals surface area contributed by atoms with E-state index in [1.54, 1.807) is 13.8 Å². The van der Waals surface area contributed by atoms with Crippen LogP contribution in [-0.2, 0) is 10.1 Å². The van der Waals surface area contributed by atoms with Crippen LogP contribution in [0.3, 0.4) is 0 Å². The molecule has 6 aromatic rings. The first-order chi connectivity index (χ1) is 21.2. The first-order valence-corrected chi connectivity index (χ1v) is 15.4. The number of nitrogens with zero attached hydrogens (tertiary/aromatic N) is 1. The number of para-hydroxylation sites is 1. The molecule has 5 aromatic carbocycles. The van der Waals surface area contributed by atoms with E-state index < -0.39 is 16.6 Å². The van der Waals surface area contributed by atoms with Gasteiger partial charge in [0.25, 0.3) is 0 Å². The van der Waals surface area contributed by atoms with Crippen LogP contribution < -0.4 is 5.46 Å². The molecule has 8 rings (SSSR count). The molecule has 0 aliphatic heterocycles. The van der Waals surface area contributed by atoms with Crippen LogP contribution in [0.5, 0.6) is 0 Å². The Bertz CT molecular complexity index is 2040. The number of pyridine rings is 1. The van der Waals surface area contributed by atoms with Gasteiger partial charge in [0.1, 0.15) is 0 Å². The maximum atomic E-state index is 10.5. The van der Waals surface area contributed by atoms with Gasteiger partial charge < -0.3 is 9.76 Å². The van der Waals surface area contributed by atoms with Gasteiger partial charge in [-0.25, -0.2) is 4.98 Å². The first kappa shape index (κ1) is 27.1. The lowest BCUT2D eigenvalue weighted by atomic mass is 9.69. The minimum absolute atomic E-state index is 0.417. The third-order valence-electron chi connectivity index (χ3n) is 10.1. The van der Waals surface area contributed by atoms with Crippen molar-refractivity contribution in [1.29, 1.82) is 0 Å². The van der Waals surface area contributed by atoms with E-state index in [1.807, 2.05) is 13.8 Å². The van der Waals surface area contributed by atoms with Crippen molar-refractivity contribution in [3.8, 4) is 33.5 Å². The summed E-state index contributed by atoms with van der Waals surface area (Å²) < 4.78 is 6.17. The van der Waals surface area contributed by atoms with E-state index in [4.69, 9.17) is 9.64 Å². The van der Waals surface area contributed by atoms with Gasteiger partial charge in [0, 0.05) is 16.5 Å². The summed E-state index contributed by atoms with van der Waals surface area (Å²) in [7, 11) is 0.417. The van der Waals surface area contributed by atoms with Crippen LogP contribution in [0.25, 0.3) is 44.4 Å². The van der Waals surface area contributed by atoms with Gasteiger partial charge in [-0.3, -0.25) is 0 Å². The Labute approximate surface area is 259 Å². The normalized spacial score (nSPS) is 14.3. The van der Waals surface area contributed by atoms with Crippen LogP contribution in [0.4, 0.5) is 0 Å². The molecule has 4 heteroatoms. The smallest absolute Gasteiger partial charge is 0.309 e. The zero-order valence-corrected chi connectivity index (χ0v) is 25.6. The number of rotatable bonds is 5. The summed E-state index contributed by atoms with van der Waals surface area (Å²) in [4.78, 5) is 5.37. The molecule has 3 nitrogen and oxygen atoms in total. The largest absolute Gasteiger partial charge is 0.427 e. The average molecular weight is 572 g/mol. The predicted molar refractivity (Wildman–Crippen MR) is 182 cm³/mol. The summed E-state index contributed by atoms with van der Waals surface area (Å²) in [6, 6.07) is 43.9. The quantitative estimate of drug-likeness (QED) is 0.215. The zero-order chi connectivity index (χ0) is 30.3. The molecule has 0 amide bonds. The monoisotopic (exact) mass is 571 g/mol. The van der Waals surface area contributed by atoms with Crippen molar-refractivity contribution in [3.05, 3.63) is 144 Å². The summed E-state index contributed by atoms with van der Waals surface area (Å²) >= 11 is 0. The molecule has 214 valence electrons. The van der Waals surface area contributed by atoms with Gasteiger partial charge in [0.05, 0.1) is 27.8 Å². The minimum atomic E-state index is -0.955. The molecular formula is C40H34BNO2. The Kier molecular flexibility index (Phi) is 5.84. The number of hydrogen-bond acceptors (Lipinski definition) is 3. The lowest BCUT2D eigenvalue weighted by Crippen LogP contribution is -2.49. The summed E-state index contributed by atoms with van der Waals surface area (Å²) in [5.41, 5.74) is 12.4. The molecule has 1 spiro atoms. The lowest BCUT2D eigenvalue weighted by molar-refractivity contribution is -0.0893. The van der Waals surface area contributed by atoms with Crippen LogP contribution >= 0.6 is 0 Å². The molecule has 0 saturated carbocycles. The van der Waals surface area contributed by atoms with E-state index >= 15 is 0 Å². The van der Waals surface area contributed by atoms with Crippen molar-refractivity contribution in [2.24, 2.45) is 0 Å². The SMILES string of the molecule is CC(C)(O)C(C)(C)OBc1ccc(-c2nc3ccccc3c3c2-c2ccccc2C32c3ccccc3-c3ccccc32)cc1. The van der Waals surface area contributed by atoms with Crippen LogP contribution in [0.2, 0.25) is 0 Å².